The van der Waals surface area contributed by atoms with Gasteiger partial charge in [0.15, 0.2) is 5.69 Å². The van der Waals surface area contributed by atoms with Crippen LogP contribution in [0.15, 0.2) is 12.1 Å². The van der Waals surface area contributed by atoms with Crippen LogP contribution in [0.3, 0.4) is 0 Å². The fourth-order valence-electron chi connectivity index (χ4n) is 1.77. The van der Waals surface area contributed by atoms with Crippen LogP contribution in [0, 0.1) is 22.0 Å². The van der Waals surface area contributed by atoms with Gasteiger partial charge in [-0.15, -0.1) is 0 Å². The number of carboxylic acids is 1. The van der Waals surface area contributed by atoms with E-state index in [2.05, 4.69) is 10.3 Å². The van der Waals surface area contributed by atoms with E-state index < -0.39 is 22.7 Å². The lowest BCUT2D eigenvalue weighted by molar-refractivity contribution is -0.389. The fourth-order valence-corrected chi connectivity index (χ4v) is 1.77. The van der Waals surface area contributed by atoms with Crippen molar-refractivity contribution in [2.24, 2.45) is 11.8 Å². The van der Waals surface area contributed by atoms with Gasteiger partial charge < -0.3 is 20.5 Å². The van der Waals surface area contributed by atoms with Crippen LogP contribution < -0.4 is 5.32 Å². The quantitative estimate of drug-likeness (QED) is 0.515. The number of nitrogens with one attached hydrogen (secondary N) is 2. The molecule has 110 valence electrons. The Morgan fingerprint density at radius 2 is 2.10 bits per heavy atom. The third-order valence-electron chi connectivity index (χ3n) is 2.73. The van der Waals surface area contributed by atoms with Crippen molar-refractivity contribution in [3.63, 3.8) is 0 Å². The molecule has 0 fully saturated rings. The first-order valence-electron chi connectivity index (χ1n) is 6.15. The molecule has 0 aliphatic carbocycles. The van der Waals surface area contributed by atoms with Crippen LogP contribution in [0.1, 0.15) is 30.8 Å². The van der Waals surface area contributed by atoms with Crippen LogP contribution in [0.5, 0.6) is 0 Å². The lowest BCUT2D eigenvalue weighted by Crippen LogP contribution is -2.33. The molecule has 3 N–H and O–H groups in total. The van der Waals surface area contributed by atoms with E-state index in [9.17, 15) is 19.7 Å². The summed E-state index contributed by atoms with van der Waals surface area (Å²) in [5.74, 6) is -2.31. The number of aromatic nitrogens is 1. The number of aliphatic carboxylic acids is 1. The summed E-state index contributed by atoms with van der Waals surface area (Å²) in [4.78, 5) is 34.9. The molecule has 0 aromatic carbocycles. The van der Waals surface area contributed by atoms with Gasteiger partial charge in [0.1, 0.15) is 0 Å². The minimum atomic E-state index is -0.975. The number of carbonyl (C=O) groups excluding carboxylic acids is 1. The fraction of sp³-hybridized carbons (Fsp3) is 0.500. The third kappa shape index (κ3) is 4.38. The molecular weight excluding hydrogens is 266 g/mol. The minimum Gasteiger partial charge on any atom is -0.481 e. The molecule has 0 aliphatic rings. The zero-order valence-corrected chi connectivity index (χ0v) is 11.3. The maximum atomic E-state index is 11.7. The standard InChI is InChI=1S/C12H17N3O5/c1-7(2)5-8(12(17)18)6-13-11(16)9-3-4-10(14-9)15(19)20/h3-4,7-8,14H,5-6H2,1-2H3,(H,13,16)(H,17,18). The van der Waals surface area contributed by atoms with E-state index in [0.29, 0.717) is 6.42 Å². The van der Waals surface area contributed by atoms with Gasteiger partial charge in [0.25, 0.3) is 5.91 Å². The Morgan fingerprint density at radius 1 is 1.45 bits per heavy atom. The highest BCUT2D eigenvalue weighted by Gasteiger charge is 2.21. The van der Waals surface area contributed by atoms with Crippen LogP contribution in [0.2, 0.25) is 0 Å². The summed E-state index contributed by atoms with van der Waals surface area (Å²) in [5, 5.41) is 22.0. The van der Waals surface area contributed by atoms with Crippen molar-refractivity contribution in [2.75, 3.05) is 6.54 Å². The SMILES string of the molecule is CC(C)CC(CNC(=O)c1ccc([N+](=O)[O-])[nH]1)C(=O)O. The molecular formula is C12H17N3O5. The number of amides is 1. The van der Waals surface area contributed by atoms with Crippen molar-refractivity contribution in [1.82, 2.24) is 10.3 Å². The van der Waals surface area contributed by atoms with E-state index in [1.165, 1.54) is 12.1 Å². The van der Waals surface area contributed by atoms with Gasteiger partial charge >= 0.3 is 11.8 Å². The van der Waals surface area contributed by atoms with Gasteiger partial charge in [-0.25, -0.2) is 4.98 Å². The average molecular weight is 283 g/mol. The number of H-pyrrole nitrogens is 1. The molecule has 0 bridgehead atoms. The Kier molecular flexibility index (Phi) is 5.24. The van der Waals surface area contributed by atoms with E-state index in [-0.39, 0.29) is 24.0 Å². The molecule has 8 heteroatoms. The Hall–Kier alpha value is -2.38. The maximum Gasteiger partial charge on any atom is 0.321 e. The zero-order valence-electron chi connectivity index (χ0n) is 11.3. The first kappa shape index (κ1) is 15.7. The van der Waals surface area contributed by atoms with Gasteiger partial charge in [-0.2, -0.15) is 0 Å². The van der Waals surface area contributed by atoms with E-state index in [1.54, 1.807) is 0 Å². The van der Waals surface area contributed by atoms with Crippen molar-refractivity contribution in [1.29, 1.82) is 0 Å². The Balaban J connectivity index is 2.60. The summed E-state index contributed by atoms with van der Waals surface area (Å²) in [6.07, 6.45) is 0.445. The molecule has 0 spiro atoms. The Morgan fingerprint density at radius 3 is 2.55 bits per heavy atom. The number of nitrogens with zero attached hydrogens (tertiary/aromatic N) is 1. The minimum absolute atomic E-state index is 0.0147. The molecule has 1 atom stereocenters. The largest absolute Gasteiger partial charge is 0.481 e. The van der Waals surface area contributed by atoms with Gasteiger partial charge in [-0.1, -0.05) is 13.8 Å². The smallest absolute Gasteiger partial charge is 0.321 e. The van der Waals surface area contributed by atoms with Crippen molar-refractivity contribution in [2.45, 2.75) is 20.3 Å². The summed E-state index contributed by atoms with van der Waals surface area (Å²) < 4.78 is 0. The Bertz CT molecular complexity index is 509. The molecule has 0 aliphatic heterocycles. The van der Waals surface area contributed by atoms with Gasteiger partial charge in [-0.05, 0) is 23.3 Å². The first-order chi connectivity index (χ1) is 9.31. The summed E-state index contributed by atoms with van der Waals surface area (Å²) >= 11 is 0. The summed E-state index contributed by atoms with van der Waals surface area (Å²) in [6, 6.07) is 2.46. The highest BCUT2D eigenvalue weighted by molar-refractivity contribution is 5.93. The number of carbonyl (C=O) groups is 2. The molecule has 1 rings (SSSR count). The molecule has 8 nitrogen and oxygen atoms in total. The van der Waals surface area contributed by atoms with Crippen molar-refractivity contribution < 1.29 is 19.6 Å². The molecule has 0 radical (unpaired) electrons. The highest BCUT2D eigenvalue weighted by atomic mass is 16.6. The normalized spacial score (nSPS) is 12.2. The number of aromatic amines is 1. The van der Waals surface area contributed by atoms with Crippen LogP contribution in [-0.4, -0.2) is 33.4 Å². The van der Waals surface area contributed by atoms with Crippen molar-refractivity contribution in [3.05, 3.63) is 27.9 Å². The molecule has 0 saturated carbocycles. The first-order valence-corrected chi connectivity index (χ1v) is 6.15. The predicted molar refractivity (Wildman–Crippen MR) is 70.4 cm³/mol. The van der Waals surface area contributed by atoms with E-state index in [0.717, 1.165) is 0 Å². The van der Waals surface area contributed by atoms with Crippen LogP contribution in [0.4, 0.5) is 5.82 Å². The zero-order chi connectivity index (χ0) is 15.3. The molecule has 1 heterocycles. The monoisotopic (exact) mass is 283 g/mol. The van der Waals surface area contributed by atoms with Crippen molar-refractivity contribution in [3.8, 4) is 0 Å². The molecule has 0 saturated heterocycles. The summed E-state index contributed by atoms with van der Waals surface area (Å²) in [5.41, 5.74) is 0.0328. The Labute approximate surface area is 115 Å². The molecule has 1 unspecified atom stereocenters. The van der Waals surface area contributed by atoms with Gasteiger partial charge in [-0.3, -0.25) is 9.59 Å². The number of hydrogen-bond acceptors (Lipinski definition) is 4. The van der Waals surface area contributed by atoms with Crippen LogP contribution in [-0.2, 0) is 4.79 Å². The molecule has 1 amide bonds. The maximum absolute atomic E-state index is 11.7. The van der Waals surface area contributed by atoms with Gasteiger partial charge in [0, 0.05) is 12.6 Å². The number of nitro groups is 1. The summed E-state index contributed by atoms with van der Waals surface area (Å²) in [6.45, 7) is 3.78. The van der Waals surface area contributed by atoms with E-state index in [1.807, 2.05) is 13.8 Å². The topological polar surface area (TPSA) is 125 Å². The summed E-state index contributed by atoms with van der Waals surface area (Å²) in [7, 11) is 0. The molecule has 20 heavy (non-hydrogen) atoms. The number of rotatable bonds is 7. The lowest BCUT2D eigenvalue weighted by Gasteiger charge is -2.14. The van der Waals surface area contributed by atoms with Crippen LogP contribution in [0.25, 0.3) is 0 Å². The highest BCUT2D eigenvalue weighted by Crippen LogP contribution is 2.12. The van der Waals surface area contributed by atoms with Crippen molar-refractivity contribution >= 4 is 17.7 Å². The van der Waals surface area contributed by atoms with Gasteiger partial charge in [0.2, 0.25) is 0 Å². The second kappa shape index (κ2) is 6.69. The van der Waals surface area contributed by atoms with Gasteiger partial charge in [0.05, 0.1) is 5.92 Å². The lowest BCUT2D eigenvalue weighted by atomic mass is 9.97. The number of carboxylic acid groups (broad SMARTS) is 1. The second-order valence-corrected chi connectivity index (χ2v) is 4.89. The van der Waals surface area contributed by atoms with Crippen LogP contribution >= 0.6 is 0 Å². The predicted octanol–water partition coefficient (Wildman–Crippen LogP) is 1.40. The third-order valence-corrected chi connectivity index (χ3v) is 2.73. The molecule has 1 aromatic heterocycles. The van der Waals surface area contributed by atoms with E-state index >= 15 is 0 Å². The average Bonchev–Trinajstić information content (AvgIpc) is 2.82. The number of hydrogen-bond donors (Lipinski definition) is 3. The second-order valence-electron chi connectivity index (χ2n) is 4.89. The molecule has 1 aromatic rings. The van der Waals surface area contributed by atoms with E-state index in [4.69, 9.17) is 5.11 Å².